The third-order valence-electron chi connectivity index (χ3n) is 3.63. The summed E-state index contributed by atoms with van der Waals surface area (Å²) in [6.07, 6.45) is 0.249. The number of hydrogen-bond acceptors (Lipinski definition) is 7. The van der Waals surface area contributed by atoms with E-state index in [9.17, 15) is 14.0 Å². The maximum absolute atomic E-state index is 11.9. The fourth-order valence-corrected chi connectivity index (χ4v) is 3.86. The number of nitrogens with two attached hydrogens (primary N) is 1. The summed E-state index contributed by atoms with van der Waals surface area (Å²) >= 11 is 0. The van der Waals surface area contributed by atoms with Crippen LogP contribution in [-0.4, -0.2) is 39.5 Å². The van der Waals surface area contributed by atoms with E-state index in [0.717, 1.165) is 0 Å². The fraction of sp³-hybridized carbons (Fsp3) is 1.00. The molecule has 6 N–H and O–H groups in total. The second-order valence-electron chi connectivity index (χ2n) is 5.88. The molecule has 0 amide bonds. The van der Waals surface area contributed by atoms with Crippen LogP contribution in [-0.2, 0) is 22.7 Å². The van der Waals surface area contributed by atoms with E-state index >= 15 is 0 Å². The molecule has 1 rings (SSSR count). The molecular weight excluding hydrogens is 350 g/mol. The summed E-state index contributed by atoms with van der Waals surface area (Å²) < 4.78 is 37.3. The lowest BCUT2D eigenvalue weighted by atomic mass is 9.95. The van der Waals surface area contributed by atoms with Crippen molar-refractivity contribution in [2.75, 3.05) is 6.61 Å². The minimum absolute atomic E-state index is 0.0708. The highest BCUT2D eigenvalue weighted by molar-refractivity contribution is 7.47. The molecule has 1 fully saturated rings. The van der Waals surface area contributed by atoms with Crippen molar-refractivity contribution in [3.05, 3.63) is 0 Å². The Labute approximate surface area is 135 Å². The van der Waals surface area contributed by atoms with Crippen molar-refractivity contribution in [2.24, 2.45) is 11.8 Å². The standard InChI is InChI=1S/C11H26N2O8P2/c1-8(2)11(13-12)7-19-23(17,18)21-10-5-3-9(4-6-10)20-22(14,15)16/h8-11,13H,3-7,12H2,1-2H3,(H,17,18)(H2,14,15,16). The summed E-state index contributed by atoms with van der Waals surface area (Å²) in [6, 6.07) is -0.286. The maximum Gasteiger partial charge on any atom is 0.472 e. The zero-order chi connectivity index (χ0) is 17.7. The van der Waals surface area contributed by atoms with Crippen molar-refractivity contribution in [2.45, 2.75) is 57.8 Å². The molecule has 0 bridgehead atoms. The number of nitrogens with one attached hydrogen (secondary N) is 1. The van der Waals surface area contributed by atoms with Crippen LogP contribution in [0.4, 0.5) is 0 Å². The van der Waals surface area contributed by atoms with Crippen LogP contribution in [0.2, 0.25) is 0 Å². The lowest BCUT2D eigenvalue weighted by molar-refractivity contribution is 0.0342. The Morgan fingerprint density at radius 2 is 1.57 bits per heavy atom. The SMILES string of the molecule is CC(C)C(COP(=O)(O)OC1CCC(OP(=O)(O)O)CC1)NN. The van der Waals surface area contributed by atoms with Crippen LogP contribution in [0.5, 0.6) is 0 Å². The molecule has 0 saturated heterocycles. The van der Waals surface area contributed by atoms with Gasteiger partial charge in [-0.05, 0) is 31.6 Å². The van der Waals surface area contributed by atoms with Gasteiger partial charge in [-0.1, -0.05) is 13.8 Å². The predicted molar refractivity (Wildman–Crippen MR) is 82.0 cm³/mol. The van der Waals surface area contributed by atoms with E-state index in [2.05, 4.69) is 9.95 Å². The van der Waals surface area contributed by atoms with Gasteiger partial charge in [0.2, 0.25) is 0 Å². The zero-order valence-electron chi connectivity index (χ0n) is 13.2. The van der Waals surface area contributed by atoms with Crippen LogP contribution in [0.3, 0.4) is 0 Å². The molecule has 1 aliphatic carbocycles. The van der Waals surface area contributed by atoms with Gasteiger partial charge in [0.25, 0.3) is 0 Å². The molecule has 23 heavy (non-hydrogen) atoms. The van der Waals surface area contributed by atoms with Crippen LogP contribution in [0.25, 0.3) is 0 Å². The van der Waals surface area contributed by atoms with Gasteiger partial charge >= 0.3 is 15.6 Å². The van der Waals surface area contributed by atoms with Crippen LogP contribution < -0.4 is 11.3 Å². The van der Waals surface area contributed by atoms with E-state index in [-0.39, 0.29) is 18.6 Å². The summed E-state index contributed by atoms with van der Waals surface area (Å²) in [6.45, 7) is 3.71. The molecule has 0 heterocycles. The Balaban J connectivity index is 2.38. The van der Waals surface area contributed by atoms with Crippen molar-refractivity contribution >= 4 is 15.6 Å². The molecule has 0 aromatic heterocycles. The Kier molecular flexibility index (Phi) is 8.30. The molecule has 0 aromatic carbocycles. The summed E-state index contributed by atoms with van der Waals surface area (Å²) in [5.74, 6) is 5.44. The van der Waals surface area contributed by atoms with Crippen molar-refractivity contribution in [1.82, 2.24) is 5.43 Å². The van der Waals surface area contributed by atoms with Gasteiger partial charge in [-0.15, -0.1) is 0 Å². The van der Waals surface area contributed by atoms with Crippen molar-refractivity contribution < 1.29 is 37.4 Å². The molecule has 0 radical (unpaired) electrons. The first-order valence-corrected chi connectivity index (χ1v) is 10.4. The highest BCUT2D eigenvalue weighted by atomic mass is 31.2. The summed E-state index contributed by atoms with van der Waals surface area (Å²) in [5.41, 5.74) is 2.50. The minimum atomic E-state index is -4.52. The first-order valence-electron chi connectivity index (χ1n) is 7.38. The van der Waals surface area contributed by atoms with Crippen molar-refractivity contribution in [1.29, 1.82) is 0 Å². The Hall–Kier alpha value is 0.140. The van der Waals surface area contributed by atoms with Gasteiger partial charge in [0.1, 0.15) is 0 Å². The smallest absolute Gasteiger partial charge is 0.303 e. The Morgan fingerprint density at radius 1 is 1.09 bits per heavy atom. The van der Waals surface area contributed by atoms with Gasteiger partial charge in [0.15, 0.2) is 0 Å². The minimum Gasteiger partial charge on any atom is -0.303 e. The molecular formula is C11H26N2O8P2. The topological polar surface area (TPSA) is 161 Å². The number of hydrazine groups is 1. The van der Waals surface area contributed by atoms with Gasteiger partial charge in [-0.2, -0.15) is 0 Å². The molecule has 0 aliphatic heterocycles. The highest BCUT2D eigenvalue weighted by Crippen LogP contribution is 2.48. The van der Waals surface area contributed by atoms with E-state index in [4.69, 9.17) is 24.7 Å². The van der Waals surface area contributed by atoms with E-state index in [1.165, 1.54) is 0 Å². The summed E-state index contributed by atoms with van der Waals surface area (Å²) in [7, 11) is -8.74. The van der Waals surface area contributed by atoms with Crippen LogP contribution in [0, 0.1) is 5.92 Å². The Morgan fingerprint density at radius 3 is 1.96 bits per heavy atom. The first-order chi connectivity index (χ1) is 10.5. The van der Waals surface area contributed by atoms with Gasteiger partial charge in [0.05, 0.1) is 18.8 Å². The average Bonchev–Trinajstić information content (AvgIpc) is 2.39. The third kappa shape index (κ3) is 8.69. The van der Waals surface area contributed by atoms with Crippen molar-refractivity contribution in [3.63, 3.8) is 0 Å². The first kappa shape index (κ1) is 21.2. The van der Waals surface area contributed by atoms with E-state index in [1.54, 1.807) is 0 Å². The second kappa shape index (κ2) is 9.01. The summed E-state index contributed by atoms with van der Waals surface area (Å²) in [5, 5.41) is 0. The Bertz CT molecular complexity index is 449. The lowest BCUT2D eigenvalue weighted by Crippen LogP contribution is -2.42. The number of phosphoric ester groups is 2. The van der Waals surface area contributed by atoms with Crippen LogP contribution in [0.15, 0.2) is 0 Å². The molecule has 2 unspecified atom stereocenters. The zero-order valence-corrected chi connectivity index (χ0v) is 15.0. The molecule has 2 atom stereocenters. The van der Waals surface area contributed by atoms with E-state index in [0.29, 0.717) is 25.7 Å². The molecule has 0 spiro atoms. The molecule has 1 aliphatic rings. The number of rotatable bonds is 9. The molecule has 10 nitrogen and oxygen atoms in total. The summed E-state index contributed by atoms with van der Waals surface area (Å²) in [4.78, 5) is 27.2. The monoisotopic (exact) mass is 376 g/mol. The molecule has 1 saturated carbocycles. The van der Waals surface area contributed by atoms with Gasteiger partial charge < -0.3 is 14.7 Å². The predicted octanol–water partition coefficient (Wildman–Crippen LogP) is 1.03. The number of phosphoric acid groups is 2. The second-order valence-corrected chi connectivity index (χ2v) is 8.48. The van der Waals surface area contributed by atoms with Crippen LogP contribution in [0.1, 0.15) is 39.5 Å². The lowest BCUT2D eigenvalue weighted by Gasteiger charge is -2.29. The largest absolute Gasteiger partial charge is 0.472 e. The number of hydrogen-bond donors (Lipinski definition) is 5. The van der Waals surface area contributed by atoms with Crippen LogP contribution >= 0.6 is 15.6 Å². The van der Waals surface area contributed by atoms with E-state index in [1.807, 2.05) is 13.8 Å². The highest BCUT2D eigenvalue weighted by Gasteiger charge is 2.33. The maximum atomic E-state index is 11.9. The van der Waals surface area contributed by atoms with E-state index < -0.39 is 27.9 Å². The molecule has 12 heteroatoms. The molecule has 138 valence electrons. The van der Waals surface area contributed by atoms with Gasteiger partial charge in [-0.3, -0.25) is 24.8 Å². The third-order valence-corrected chi connectivity index (χ3v) is 5.24. The normalized spacial score (nSPS) is 26.9. The average molecular weight is 376 g/mol. The van der Waals surface area contributed by atoms with Gasteiger partial charge in [-0.25, -0.2) is 9.13 Å². The van der Waals surface area contributed by atoms with Crippen molar-refractivity contribution in [3.8, 4) is 0 Å². The van der Waals surface area contributed by atoms with Gasteiger partial charge in [0, 0.05) is 6.04 Å². The quantitative estimate of drug-likeness (QED) is 0.223. The molecule has 0 aromatic rings. The fourth-order valence-electron chi connectivity index (χ4n) is 2.26.